The molecule has 0 atom stereocenters. The van der Waals surface area contributed by atoms with E-state index in [4.69, 9.17) is 0 Å². The van der Waals surface area contributed by atoms with Crippen LogP contribution in [0.5, 0.6) is 5.75 Å². The fourth-order valence-corrected chi connectivity index (χ4v) is 1.78. The van der Waals surface area contributed by atoms with Gasteiger partial charge in [0.05, 0.1) is 0 Å². The Morgan fingerprint density at radius 1 is 1.38 bits per heavy atom. The minimum atomic E-state index is -3.12. The van der Waals surface area contributed by atoms with Crippen molar-refractivity contribution in [1.29, 1.82) is 0 Å². The van der Waals surface area contributed by atoms with Crippen LogP contribution in [0.1, 0.15) is 21.7 Å². The summed E-state index contributed by atoms with van der Waals surface area (Å²) in [6.07, 6.45) is 3.89. The highest BCUT2D eigenvalue weighted by molar-refractivity contribution is 5.93. The molecule has 2 N–H and O–H groups in total. The number of halogens is 3. The number of H-pyrrole nitrogens is 1. The maximum Gasteiger partial charge on any atom is 0.387 e. The maximum absolute atomic E-state index is 13.6. The molecular formula is C15H12F3N3O3. The van der Waals surface area contributed by atoms with Crippen LogP contribution in [0.3, 0.4) is 0 Å². The minimum Gasteiger partial charge on any atom is -0.432 e. The quantitative estimate of drug-likeness (QED) is 0.873. The normalized spacial score (nSPS) is 11.0. The summed E-state index contributed by atoms with van der Waals surface area (Å²) < 4.78 is 41.7. The van der Waals surface area contributed by atoms with E-state index in [9.17, 15) is 22.8 Å². The van der Waals surface area contributed by atoms with Gasteiger partial charge in [-0.2, -0.15) is 8.78 Å². The Morgan fingerprint density at radius 2 is 2.12 bits per heavy atom. The summed E-state index contributed by atoms with van der Waals surface area (Å²) in [5.74, 6) is -1.95. The minimum absolute atomic E-state index is 0.140. The molecule has 0 aliphatic heterocycles. The average molecular weight is 339 g/mol. The van der Waals surface area contributed by atoms with E-state index in [0.717, 1.165) is 18.3 Å². The van der Waals surface area contributed by atoms with Crippen LogP contribution < -0.4 is 15.6 Å². The van der Waals surface area contributed by atoms with E-state index in [1.807, 2.05) is 0 Å². The van der Waals surface area contributed by atoms with E-state index >= 15 is 0 Å². The van der Waals surface area contributed by atoms with E-state index in [1.165, 1.54) is 25.3 Å². The van der Waals surface area contributed by atoms with Crippen molar-refractivity contribution in [2.75, 3.05) is 7.05 Å². The zero-order chi connectivity index (χ0) is 17.7. The fourth-order valence-electron chi connectivity index (χ4n) is 1.78. The van der Waals surface area contributed by atoms with Crippen LogP contribution in [0.4, 0.5) is 13.2 Å². The molecule has 0 fully saturated rings. The molecule has 0 aliphatic rings. The molecule has 9 heteroatoms. The molecule has 1 amide bonds. The third kappa shape index (κ3) is 4.22. The fraction of sp³-hybridized carbons (Fsp3) is 0.133. The number of aromatic nitrogens is 2. The van der Waals surface area contributed by atoms with E-state index < -0.39 is 29.6 Å². The van der Waals surface area contributed by atoms with E-state index in [0.29, 0.717) is 5.56 Å². The van der Waals surface area contributed by atoms with Crippen molar-refractivity contribution in [2.45, 2.75) is 6.61 Å². The summed E-state index contributed by atoms with van der Waals surface area (Å²) in [7, 11) is 1.38. The van der Waals surface area contributed by atoms with Crippen LogP contribution in [-0.2, 0) is 0 Å². The number of hydrogen-bond acceptors (Lipinski definition) is 4. The summed E-state index contributed by atoms with van der Waals surface area (Å²) in [5.41, 5.74) is -0.433. The third-order valence-corrected chi connectivity index (χ3v) is 2.90. The Bertz CT molecular complexity index is 834. The summed E-state index contributed by atoms with van der Waals surface area (Å²) in [6, 6.07) is 3.41. The van der Waals surface area contributed by atoms with Crippen LogP contribution in [0.25, 0.3) is 12.2 Å². The zero-order valence-corrected chi connectivity index (χ0v) is 12.3. The Morgan fingerprint density at radius 3 is 2.71 bits per heavy atom. The molecule has 0 saturated heterocycles. The lowest BCUT2D eigenvalue weighted by Gasteiger charge is -2.05. The summed E-state index contributed by atoms with van der Waals surface area (Å²) in [6.45, 7) is -3.12. The number of nitrogens with one attached hydrogen (secondary N) is 2. The van der Waals surface area contributed by atoms with Gasteiger partial charge in [-0.05, 0) is 23.8 Å². The standard InChI is InChI=1S/C15H12F3N3O3/c1-19-13(22)9-7-20-12(21-14(9)23)5-3-8-2-4-11(10(16)6-8)24-15(17)18/h2-7,15H,1H3,(H,19,22)(H,20,21,23). The van der Waals surface area contributed by atoms with Gasteiger partial charge in [-0.1, -0.05) is 12.1 Å². The molecule has 0 spiro atoms. The van der Waals surface area contributed by atoms with Crippen molar-refractivity contribution in [3.05, 3.63) is 57.5 Å². The van der Waals surface area contributed by atoms with Crippen molar-refractivity contribution in [2.24, 2.45) is 0 Å². The lowest BCUT2D eigenvalue weighted by molar-refractivity contribution is -0.0521. The SMILES string of the molecule is CNC(=O)c1cnc(C=Cc2ccc(OC(F)F)c(F)c2)[nH]c1=O. The molecule has 0 bridgehead atoms. The van der Waals surface area contributed by atoms with Crippen molar-refractivity contribution in [3.8, 4) is 5.75 Å². The zero-order valence-electron chi connectivity index (χ0n) is 12.3. The Balaban J connectivity index is 2.19. The first kappa shape index (κ1) is 17.3. The Kier molecular flexibility index (Phi) is 5.35. The molecule has 126 valence electrons. The smallest absolute Gasteiger partial charge is 0.387 e. The number of nitrogens with zero attached hydrogens (tertiary/aromatic N) is 1. The van der Waals surface area contributed by atoms with E-state index in [2.05, 4.69) is 20.0 Å². The van der Waals surface area contributed by atoms with Crippen LogP contribution in [-0.4, -0.2) is 29.5 Å². The summed E-state index contributed by atoms with van der Waals surface area (Å²) in [4.78, 5) is 29.4. The number of hydrogen-bond donors (Lipinski definition) is 2. The number of carbonyl (C=O) groups excluding carboxylic acids is 1. The molecule has 0 unspecified atom stereocenters. The number of rotatable bonds is 5. The second kappa shape index (κ2) is 7.44. The highest BCUT2D eigenvalue weighted by atomic mass is 19.3. The number of alkyl halides is 2. The summed E-state index contributed by atoms with van der Waals surface area (Å²) >= 11 is 0. The van der Waals surface area contributed by atoms with Crippen LogP contribution in [0.15, 0.2) is 29.2 Å². The van der Waals surface area contributed by atoms with Gasteiger partial charge >= 0.3 is 6.61 Å². The highest BCUT2D eigenvalue weighted by Gasteiger charge is 2.10. The molecule has 6 nitrogen and oxygen atoms in total. The van der Waals surface area contributed by atoms with Gasteiger partial charge in [0.25, 0.3) is 11.5 Å². The van der Waals surface area contributed by atoms with Gasteiger partial charge in [0, 0.05) is 13.2 Å². The molecule has 24 heavy (non-hydrogen) atoms. The molecular weight excluding hydrogens is 327 g/mol. The van der Waals surface area contributed by atoms with Crippen molar-refractivity contribution in [1.82, 2.24) is 15.3 Å². The predicted octanol–water partition coefficient (Wildman–Crippen LogP) is 2.04. The number of ether oxygens (including phenoxy) is 1. The molecule has 1 aromatic carbocycles. The number of amides is 1. The van der Waals surface area contributed by atoms with Gasteiger partial charge in [0.15, 0.2) is 11.6 Å². The van der Waals surface area contributed by atoms with Gasteiger partial charge in [0.1, 0.15) is 11.4 Å². The van der Waals surface area contributed by atoms with Crippen LogP contribution in [0, 0.1) is 5.82 Å². The molecule has 2 aromatic rings. The first-order valence-electron chi connectivity index (χ1n) is 6.64. The second-order valence-electron chi connectivity index (χ2n) is 4.49. The van der Waals surface area contributed by atoms with Gasteiger partial charge in [-0.3, -0.25) is 9.59 Å². The summed E-state index contributed by atoms with van der Waals surface area (Å²) in [5, 5.41) is 2.30. The Hall–Kier alpha value is -3.10. The largest absolute Gasteiger partial charge is 0.432 e. The lowest BCUT2D eigenvalue weighted by Crippen LogP contribution is -2.27. The topological polar surface area (TPSA) is 84.1 Å². The first-order chi connectivity index (χ1) is 11.4. The molecule has 0 radical (unpaired) electrons. The van der Waals surface area contributed by atoms with Gasteiger partial charge in [0.2, 0.25) is 0 Å². The van der Waals surface area contributed by atoms with Crippen LogP contribution >= 0.6 is 0 Å². The van der Waals surface area contributed by atoms with Crippen molar-refractivity contribution < 1.29 is 22.7 Å². The van der Waals surface area contributed by atoms with Gasteiger partial charge in [-0.25, -0.2) is 9.37 Å². The first-order valence-corrected chi connectivity index (χ1v) is 6.64. The van der Waals surface area contributed by atoms with E-state index in [1.54, 1.807) is 0 Å². The van der Waals surface area contributed by atoms with Gasteiger partial charge < -0.3 is 15.0 Å². The lowest BCUT2D eigenvalue weighted by atomic mass is 10.2. The monoisotopic (exact) mass is 339 g/mol. The molecule has 1 aromatic heterocycles. The third-order valence-electron chi connectivity index (χ3n) is 2.90. The highest BCUT2D eigenvalue weighted by Crippen LogP contribution is 2.21. The molecule has 2 rings (SSSR count). The van der Waals surface area contributed by atoms with E-state index in [-0.39, 0.29) is 11.4 Å². The number of carbonyl (C=O) groups is 1. The van der Waals surface area contributed by atoms with Gasteiger partial charge in [-0.15, -0.1) is 0 Å². The second-order valence-corrected chi connectivity index (χ2v) is 4.49. The van der Waals surface area contributed by atoms with Crippen molar-refractivity contribution >= 4 is 18.1 Å². The molecule has 0 saturated carbocycles. The molecule has 1 heterocycles. The number of benzene rings is 1. The van der Waals surface area contributed by atoms with Crippen molar-refractivity contribution in [3.63, 3.8) is 0 Å². The predicted molar refractivity (Wildman–Crippen MR) is 80.2 cm³/mol. The van der Waals surface area contributed by atoms with Crippen LogP contribution in [0.2, 0.25) is 0 Å². The maximum atomic E-state index is 13.6. The average Bonchev–Trinajstić information content (AvgIpc) is 2.54. The number of aromatic amines is 1. The Labute approximate surface area is 134 Å². The molecule has 0 aliphatic carbocycles.